The Morgan fingerprint density at radius 1 is 1.50 bits per heavy atom. The van der Waals surface area contributed by atoms with Gasteiger partial charge < -0.3 is 19.5 Å². The second kappa shape index (κ2) is 8.35. The van der Waals surface area contributed by atoms with Gasteiger partial charge in [0, 0.05) is 18.7 Å². The Labute approximate surface area is 120 Å². The van der Waals surface area contributed by atoms with E-state index in [1.54, 1.807) is 0 Å². The topological polar surface area (TPSA) is 107 Å². The van der Waals surface area contributed by atoms with E-state index in [0.717, 1.165) is 6.42 Å². The van der Waals surface area contributed by atoms with Gasteiger partial charge in [-0.25, -0.2) is 8.42 Å². The molecule has 0 aromatic carbocycles. The third-order valence-corrected chi connectivity index (χ3v) is 3.57. The summed E-state index contributed by atoms with van der Waals surface area (Å²) in [6.45, 7) is 4.91. The van der Waals surface area contributed by atoms with Gasteiger partial charge in [-0.2, -0.15) is 0 Å². The number of carbonyl (C=O) groups excluding carboxylic acids is 1. The van der Waals surface area contributed by atoms with Gasteiger partial charge in [0.15, 0.2) is 0 Å². The van der Waals surface area contributed by atoms with E-state index in [1.807, 2.05) is 14.1 Å². The van der Waals surface area contributed by atoms with Crippen LogP contribution in [0.3, 0.4) is 0 Å². The van der Waals surface area contributed by atoms with Gasteiger partial charge in [0.1, 0.15) is 12.6 Å². The molecule has 20 heavy (non-hydrogen) atoms. The van der Waals surface area contributed by atoms with Crippen LogP contribution in [0, 0.1) is 0 Å². The van der Waals surface area contributed by atoms with Crippen LogP contribution in [-0.2, 0) is 14.9 Å². The van der Waals surface area contributed by atoms with Crippen molar-refractivity contribution in [3.05, 3.63) is 12.7 Å². The smallest absolute Gasteiger partial charge is 0.243 e. The molecule has 0 heterocycles. The molecule has 0 aromatic heterocycles. The van der Waals surface area contributed by atoms with Crippen LogP contribution in [0.4, 0.5) is 0 Å². The third-order valence-electron chi connectivity index (χ3n) is 2.83. The van der Waals surface area contributed by atoms with Crippen molar-refractivity contribution >= 4 is 16.0 Å². The minimum Gasteiger partial charge on any atom is -0.748 e. The normalized spacial score (nSPS) is 13.8. The van der Waals surface area contributed by atoms with Gasteiger partial charge in [-0.3, -0.25) is 4.79 Å². The molecular weight excluding hydrogens is 284 g/mol. The average Bonchev–Trinajstić information content (AvgIpc) is 2.30. The number of rotatable bonds is 10. The molecule has 0 aromatic rings. The fourth-order valence-corrected chi connectivity index (χ4v) is 2.39. The number of hydrogen-bond donors (Lipinski definition) is 2. The van der Waals surface area contributed by atoms with Crippen molar-refractivity contribution in [3.8, 4) is 0 Å². The van der Waals surface area contributed by atoms with Crippen molar-refractivity contribution in [3.63, 3.8) is 0 Å². The Morgan fingerprint density at radius 3 is 2.60 bits per heavy atom. The lowest BCUT2D eigenvalue weighted by Crippen LogP contribution is -2.47. The lowest BCUT2D eigenvalue weighted by atomic mass is 10.2. The van der Waals surface area contributed by atoms with Crippen molar-refractivity contribution in [1.82, 2.24) is 5.32 Å². The first-order chi connectivity index (χ1) is 9.06. The zero-order chi connectivity index (χ0) is 15.8. The first-order valence-electron chi connectivity index (χ1n) is 6.39. The molecule has 0 fully saturated rings. The van der Waals surface area contributed by atoms with Gasteiger partial charge in [0.05, 0.1) is 30.8 Å². The predicted octanol–water partition coefficient (Wildman–Crippen LogP) is -0.949. The quantitative estimate of drug-likeness (QED) is 0.234. The van der Waals surface area contributed by atoms with E-state index in [0.29, 0.717) is 24.1 Å². The van der Waals surface area contributed by atoms with Crippen LogP contribution in [0.1, 0.15) is 12.8 Å². The van der Waals surface area contributed by atoms with Crippen LogP contribution < -0.4 is 5.32 Å². The lowest BCUT2D eigenvalue weighted by molar-refractivity contribution is -0.893. The number of amides is 1. The van der Waals surface area contributed by atoms with Crippen LogP contribution >= 0.6 is 0 Å². The van der Waals surface area contributed by atoms with Crippen LogP contribution in [0.2, 0.25) is 0 Å². The maximum atomic E-state index is 10.9. The minimum absolute atomic E-state index is 0.0548. The van der Waals surface area contributed by atoms with E-state index < -0.39 is 22.0 Å². The summed E-state index contributed by atoms with van der Waals surface area (Å²) in [5.74, 6) is -0.778. The second-order valence-electron chi connectivity index (χ2n) is 5.39. The Hall–Kier alpha value is -0.960. The van der Waals surface area contributed by atoms with Crippen LogP contribution in [-0.4, -0.2) is 74.1 Å². The maximum Gasteiger partial charge on any atom is 0.243 e. The van der Waals surface area contributed by atoms with E-state index in [1.165, 1.54) is 6.08 Å². The summed E-state index contributed by atoms with van der Waals surface area (Å²) in [5.41, 5.74) is 0. The van der Waals surface area contributed by atoms with E-state index in [2.05, 4.69) is 11.9 Å². The van der Waals surface area contributed by atoms with Gasteiger partial charge in [-0.1, -0.05) is 6.58 Å². The molecular formula is C12H24N2O5S. The first-order valence-corrected chi connectivity index (χ1v) is 7.97. The van der Waals surface area contributed by atoms with Crippen LogP contribution in [0.15, 0.2) is 12.7 Å². The molecule has 2 N–H and O–H groups in total. The Morgan fingerprint density at radius 2 is 2.10 bits per heavy atom. The number of nitrogens with one attached hydrogen (secondary N) is 1. The molecule has 0 saturated carbocycles. The van der Waals surface area contributed by atoms with E-state index >= 15 is 0 Å². The first kappa shape index (κ1) is 19.0. The molecule has 0 rings (SSSR count). The number of nitrogens with zero attached hydrogens (tertiary/aromatic N) is 1. The summed E-state index contributed by atoms with van der Waals surface area (Å²) in [4.78, 5) is 10.9. The highest BCUT2D eigenvalue weighted by Gasteiger charge is 2.20. The third kappa shape index (κ3) is 10.9. The van der Waals surface area contributed by atoms with E-state index in [9.17, 15) is 22.9 Å². The number of aliphatic hydroxyl groups excluding tert-OH is 1. The number of aliphatic hydroxyl groups is 1. The Kier molecular flexibility index (Phi) is 7.95. The zero-order valence-corrected chi connectivity index (χ0v) is 12.9. The molecule has 0 bridgehead atoms. The molecule has 0 aliphatic carbocycles. The molecule has 1 unspecified atom stereocenters. The number of likely N-dealkylation sites (N-methyl/N-ethyl adjacent to an activating group) is 1. The van der Waals surface area contributed by atoms with Gasteiger partial charge >= 0.3 is 0 Å². The fourth-order valence-electron chi connectivity index (χ4n) is 1.82. The largest absolute Gasteiger partial charge is 0.748 e. The van der Waals surface area contributed by atoms with Crippen LogP contribution in [0.5, 0.6) is 0 Å². The summed E-state index contributed by atoms with van der Waals surface area (Å²) >= 11 is 0. The minimum atomic E-state index is -4.28. The van der Waals surface area contributed by atoms with Gasteiger partial charge in [0.2, 0.25) is 5.91 Å². The van der Waals surface area contributed by atoms with E-state index in [-0.39, 0.29) is 12.3 Å². The van der Waals surface area contributed by atoms with Gasteiger partial charge in [-0.15, -0.1) is 0 Å². The summed E-state index contributed by atoms with van der Waals surface area (Å²) in [7, 11) is -0.496. The highest BCUT2D eigenvalue weighted by molar-refractivity contribution is 7.85. The molecule has 0 spiro atoms. The summed E-state index contributed by atoms with van der Waals surface area (Å²) in [6, 6.07) is 0. The standard InChI is InChI=1S/C12H24N2O5S/c1-4-12(16)13-7-5-8-14(2,3)10-11(15)6-9-20(17,18)19/h4,11,15H,1,5-10H2,2-3H3,(H-,13,16,17,18,19). The molecule has 8 heteroatoms. The molecule has 1 atom stereocenters. The summed E-state index contributed by atoms with van der Waals surface area (Å²) in [5, 5.41) is 12.4. The summed E-state index contributed by atoms with van der Waals surface area (Å²) < 4.78 is 31.9. The highest BCUT2D eigenvalue weighted by Crippen LogP contribution is 2.05. The molecule has 0 aliphatic rings. The zero-order valence-electron chi connectivity index (χ0n) is 12.0. The van der Waals surface area contributed by atoms with Crippen molar-refractivity contribution in [2.45, 2.75) is 18.9 Å². The molecule has 0 aliphatic heterocycles. The Bertz CT molecular complexity index is 420. The van der Waals surface area contributed by atoms with Crippen molar-refractivity contribution in [1.29, 1.82) is 0 Å². The van der Waals surface area contributed by atoms with Crippen LogP contribution in [0.25, 0.3) is 0 Å². The number of hydrogen-bond acceptors (Lipinski definition) is 5. The fraction of sp³-hybridized carbons (Fsp3) is 0.750. The molecule has 0 saturated heterocycles. The van der Waals surface area contributed by atoms with Gasteiger partial charge in [0.25, 0.3) is 0 Å². The maximum absolute atomic E-state index is 10.9. The van der Waals surface area contributed by atoms with E-state index in [4.69, 9.17) is 0 Å². The van der Waals surface area contributed by atoms with Crippen molar-refractivity contribution < 1.29 is 27.4 Å². The lowest BCUT2D eigenvalue weighted by Gasteiger charge is -2.32. The number of quaternary nitrogens is 1. The predicted molar refractivity (Wildman–Crippen MR) is 74.9 cm³/mol. The molecule has 118 valence electrons. The molecule has 0 radical (unpaired) electrons. The SMILES string of the molecule is C=CC(=O)NCCC[N+](C)(C)CC(O)CCS(=O)(=O)[O-]. The van der Waals surface area contributed by atoms with Gasteiger partial charge in [-0.05, 0) is 12.5 Å². The number of carbonyl (C=O) groups is 1. The van der Waals surface area contributed by atoms with Crippen molar-refractivity contribution in [2.75, 3.05) is 39.5 Å². The van der Waals surface area contributed by atoms with Crippen molar-refractivity contribution in [2.24, 2.45) is 0 Å². The molecule has 1 amide bonds. The Balaban J connectivity index is 3.98. The monoisotopic (exact) mass is 308 g/mol. The second-order valence-corrected chi connectivity index (χ2v) is 6.92. The summed E-state index contributed by atoms with van der Waals surface area (Å²) in [6.07, 6.45) is 1.03. The molecule has 7 nitrogen and oxygen atoms in total. The average molecular weight is 308 g/mol. The highest BCUT2D eigenvalue weighted by atomic mass is 32.2.